The normalized spacial score (nSPS) is 11.4. The van der Waals surface area contributed by atoms with E-state index in [0.717, 1.165) is 5.56 Å². The molecule has 1 unspecified atom stereocenters. The molecule has 0 aromatic heterocycles. The van der Waals surface area contributed by atoms with Crippen LogP contribution in [0.15, 0.2) is 24.3 Å². The van der Waals surface area contributed by atoms with Crippen molar-refractivity contribution in [2.75, 3.05) is 6.54 Å². The van der Waals surface area contributed by atoms with Crippen LogP contribution in [0.4, 0.5) is 0 Å². The van der Waals surface area contributed by atoms with Gasteiger partial charge in [0.15, 0.2) is 0 Å². The van der Waals surface area contributed by atoms with Gasteiger partial charge in [-0.3, -0.25) is 4.79 Å². The number of hydrogen-bond donors (Lipinski definition) is 2. The van der Waals surface area contributed by atoms with Crippen LogP contribution in [0.3, 0.4) is 0 Å². The first-order chi connectivity index (χ1) is 7.13. The van der Waals surface area contributed by atoms with Crippen molar-refractivity contribution in [2.45, 2.75) is 20.4 Å². The van der Waals surface area contributed by atoms with Gasteiger partial charge in [-0.15, -0.1) is 12.4 Å². The van der Waals surface area contributed by atoms with E-state index in [1.807, 2.05) is 32.0 Å². The molecule has 1 atom stereocenters. The van der Waals surface area contributed by atoms with Gasteiger partial charge in [-0.2, -0.15) is 0 Å². The van der Waals surface area contributed by atoms with Crippen LogP contribution >= 0.6 is 12.4 Å². The van der Waals surface area contributed by atoms with Gasteiger partial charge in [0.05, 0.1) is 0 Å². The molecular formula is C12H19ClN2O. The second kappa shape index (κ2) is 7.25. The minimum atomic E-state index is -0.116. The van der Waals surface area contributed by atoms with E-state index in [2.05, 4.69) is 11.4 Å². The molecule has 0 heterocycles. The Morgan fingerprint density at radius 1 is 1.50 bits per heavy atom. The van der Waals surface area contributed by atoms with Gasteiger partial charge in [0.2, 0.25) is 5.91 Å². The minimum absolute atomic E-state index is 0. The van der Waals surface area contributed by atoms with Crippen molar-refractivity contribution in [1.82, 2.24) is 5.32 Å². The fraction of sp³-hybridized carbons (Fsp3) is 0.417. The van der Waals surface area contributed by atoms with Crippen LogP contribution in [0.2, 0.25) is 0 Å². The van der Waals surface area contributed by atoms with Crippen LogP contribution in [0, 0.1) is 12.8 Å². The summed E-state index contributed by atoms with van der Waals surface area (Å²) >= 11 is 0. The fourth-order valence-corrected chi connectivity index (χ4v) is 1.29. The number of nitrogens with two attached hydrogens (primary N) is 1. The molecule has 1 amide bonds. The zero-order valence-corrected chi connectivity index (χ0v) is 10.5. The van der Waals surface area contributed by atoms with Gasteiger partial charge in [-0.25, -0.2) is 0 Å². The number of amides is 1. The molecule has 0 fully saturated rings. The molecule has 0 bridgehead atoms. The molecule has 3 N–H and O–H groups in total. The van der Waals surface area contributed by atoms with Gasteiger partial charge in [-0.1, -0.05) is 36.8 Å². The largest absolute Gasteiger partial charge is 0.352 e. The Morgan fingerprint density at radius 3 is 2.75 bits per heavy atom. The average molecular weight is 243 g/mol. The van der Waals surface area contributed by atoms with Crippen LogP contribution in [-0.4, -0.2) is 12.5 Å². The summed E-state index contributed by atoms with van der Waals surface area (Å²) in [6.07, 6.45) is 0. The highest BCUT2D eigenvalue weighted by Crippen LogP contribution is 2.03. The molecular weight excluding hydrogens is 224 g/mol. The number of rotatable bonds is 4. The summed E-state index contributed by atoms with van der Waals surface area (Å²) in [4.78, 5) is 11.4. The van der Waals surface area contributed by atoms with E-state index < -0.39 is 0 Å². The van der Waals surface area contributed by atoms with E-state index in [-0.39, 0.29) is 24.2 Å². The van der Waals surface area contributed by atoms with Gasteiger partial charge in [0, 0.05) is 19.0 Å². The third-order valence-electron chi connectivity index (χ3n) is 2.35. The highest BCUT2D eigenvalue weighted by atomic mass is 35.5. The van der Waals surface area contributed by atoms with E-state index in [0.29, 0.717) is 13.1 Å². The third-order valence-corrected chi connectivity index (χ3v) is 2.35. The zero-order valence-electron chi connectivity index (χ0n) is 9.69. The Labute approximate surface area is 103 Å². The highest BCUT2D eigenvalue weighted by Gasteiger charge is 2.09. The topological polar surface area (TPSA) is 55.1 Å². The van der Waals surface area contributed by atoms with E-state index in [1.165, 1.54) is 5.56 Å². The van der Waals surface area contributed by atoms with Crippen molar-refractivity contribution in [2.24, 2.45) is 11.7 Å². The van der Waals surface area contributed by atoms with E-state index >= 15 is 0 Å². The van der Waals surface area contributed by atoms with E-state index in [9.17, 15) is 4.79 Å². The number of aryl methyl sites for hydroxylation is 1. The van der Waals surface area contributed by atoms with Gasteiger partial charge >= 0.3 is 0 Å². The summed E-state index contributed by atoms with van der Waals surface area (Å²) in [5.74, 6) is -0.103. The summed E-state index contributed by atoms with van der Waals surface area (Å²) in [7, 11) is 0. The molecule has 0 saturated heterocycles. The Bertz CT molecular complexity index is 342. The standard InChI is InChI=1S/C12H18N2O.ClH/c1-9-4-3-5-11(6-9)8-14-12(15)10(2)7-13;/h3-6,10H,7-8,13H2,1-2H3,(H,14,15);1H. The number of carbonyl (C=O) groups excluding carboxylic acids is 1. The summed E-state index contributed by atoms with van der Waals surface area (Å²) in [5.41, 5.74) is 7.73. The maximum absolute atomic E-state index is 11.4. The average Bonchev–Trinajstić information content (AvgIpc) is 2.25. The molecule has 3 nitrogen and oxygen atoms in total. The van der Waals surface area contributed by atoms with Crippen molar-refractivity contribution >= 4 is 18.3 Å². The number of halogens is 1. The van der Waals surface area contributed by atoms with E-state index in [1.54, 1.807) is 0 Å². The summed E-state index contributed by atoms with van der Waals surface area (Å²) in [6, 6.07) is 8.09. The Hall–Kier alpha value is -1.06. The predicted octanol–water partition coefficient (Wildman–Crippen LogP) is 1.63. The first kappa shape index (κ1) is 14.9. The number of nitrogens with one attached hydrogen (secondary N) is 1. The second-order valence-corrected chi connectivity index (χ2v) is 3.84. The van der Waals surface area contributed by atoms with Crippen LogP contribution in [0.5, 0.6) is 0 Å². The van der Waals surface area contributed by atoms with Crippen molar-refractivity contribution in [3.8, 4) is 0 Å². The fourth-order valence-electron chi connectivity index (χ4n) is 1.29. The van der Waals surface area contributed by atoms with Crippen molar-refractivity contribution in [1.29, 1.82) is 0 Å². The first-order valence-electron chi connectivity index (χ1n) is 5.17. The highest BCUT2D eigenvalue weighted by molar-refractivity contribution is 5.85. The Kier molecular flexibility index (Phi) is 6.77. The molecule has 0 aliphatic heterocycles. The summed E-state index contributed by atoms with van der Waals surface area (Å²) in [6.45, 7) is 4.82. The summed E-state index contributed by atoms with van der Waals surface area (Å²) < 4.78 is 0. The molecule has 1 aromatic carbocycles. The van der Waals surface area contributed by atoms with Gasteiger partial charge in [0.1, 0.15) is 0 Å². The monoisotopic (exact) mass is 242 g/mol. The SMILES string of the molecule is Cc1cccc(CNC(=O)C(C)CN)c1.Cl. The second-order valence-electron chi connectivity index (χ2n) is 3.84. The number of hydrogen-bond acceptors (Lipinski definition) is 2. The minimum Gasteiger partial charge on any atom is -0.352 e. The summed E-state index contributed by atoms with van der Waals surface area (Å²) in [5, 5.41) is 2.86. The molecule has 1 rings (SSSR count). The van der Waals surface area contributed by atoms with Crippen LogP contribution in [0.25, 0.3) is 0 Å². The molecule has 0 radical (unpaired) electrons. The number of benzene rings is 1. The van der Waals surface area contributed by atoms with Crippen LogP contribution in [-0.2, 0) is 11.3 Å². The van der Waals surface area contributed by atoms with Gasteiger partial charge < -0.3 is 11.1 Å². The quantitative estimate of drug-likeness (QED) is 0.843. The van der Waals surface area contributed by atoms with Gasteiger partial charge in [-0.05, 0) is 12.5 Å². The van der Waals surface area contributed by atoms with E-state index in [4.69, 9.17) is 5.73 Å². The van der Waals surface area contributed by atoms with Crippen LogP contribution in [0.1, 0.15) is 18.1 Å². The maximum Gasteiger partial charge on any atom is 0.224 e. The Morgan fingerprint density at radius 2 is 2.19 bits per heavy atom. The molecule has 1 aromatic rings. The molecule has 0 aliphatic rings. The van der Waals surface area contributed by atoms with Gasteiger partial charge in [0.25, 0.3) is 0 Å². The van der Waals surface area contributed by atoms with Crippen molar-refractivity contribution < 1.29 is 4.79 Å². The molecule has 0 aliphatic carbocycles. The maximum atomic E-state index is 11.4. The van der Waals surface area contributed by atoms with Crippen molar-refractivity contribution in [3.05, 3.63) is 35.4 Å². The zero-order chi connectivity index (χ0) is 11.3. The molecule has 0 spiro atoms. The molecule has 90 valence electrons. The third kappa shape index (κ3) is 4.64. The van der Waals surface area contributed by atoms with Crippen molar-refractivity contribution in [3.63, 3.8) is 0 Å². The molecule has 16 heavy (non-hydrogen) atoms. The lowest BCUT2D eigenvalue weighted by atomic mass is 10.1. The Balaban J connectivity index is 0.00000225. The lowest BCUT2D eigenvalue weighted by Gasteiger charge is -2.10. The first-order valence-corrected chi connectivity index (χ1v) is 5.17. The smallest absolute Gasteiger partial charge is 0.224 e. The lowest BCUT2D eigenvalue weighted by Crippen LogP contribution is -2.32. The predicted molar refractivity (Wildman–Crippen MR) is 68.5 cm³/mol. The molecule has 4 heteroatoms. The van der Waals surface area contributed by atoms with Crippen LogP contribution < -0.4 is 11.1 Å². The molecule has 0 saturated carbocycles. The number of carbonyl (C=O) groups is 1. The lowest BCUT2D eigenvalue weighted by molar-refractivity contribution is -0.124.